The maximum atomic E-state index is 11.6. The molecule has 5 nitrogen and oxygen atoms in total. The van der Waals surface area contributed by atoms with Crippen LogP contribution in [0.2, 0.25) is 0 Å². The lowest BCUT2D eigenvalue weighted by atomic mass is 10.1. The molecule has 5 N–H and O–H groups in total. The third-order valence-corrected chi connectivity index (χ3v) is 2.32. The molecule has 0 unspecified atom stereocenters. The minimum absolute atomic E-state index is 0.122. The average Bonchev–Trinajstić information content (AvgIpc) is 2.28. The van der Waals surface area contributed by atoms with Crippen LogP contribution in [0.5, 0.6) is 0 Å². The summed E-state index contributed by atoms with van der Waals surface area (Å²) in [7, 11) is 0. The number of rotatable bonds is 5. The fourth-order valence-electron chi connectivity index (χ4n) is 1.19. The summed E-state index contributed by atoms with van der Waals surface area (Å²) in [5, 5.41) is 2.58. The van der Waals surface area contributed by atoms with Crippen LogP contribution in [0.4, 0.5) is 0 Å². The number of hydrogen-bond acceptors (Lipinski definition) is 3. The molecule has 0 heterocycles. The van der Waals surface area contributed by atoms with Gasteiger partial charge < -0.3 is 16.8 Å². The Kier molecular flexibility index (Phi) is 4.59. The minimum Gasteiger partial charge on any atom is -0.389 e. The second kappa shape index (κ2) is 5.95. The second-order valence-corrected chi connectivity index (χ2v) is 3.85. The Hall–Kier alpha value is -1.95. The Bertz CT molecular complexity index is 443. The zero-order chi connectivity index (χ0) is 12.8. The number of nitrogens with two attached hydrogens (primary N) is 2. The Labute approximate surface area is 104 Å². The molecule has 0 saturated heterocycles. The first-order chi connectivity index (χ1) is 8.00. The Morgan fingerprint density at radius 3 is 2.12 bits per heavy atom. The van der Waals surface area contributed by atoms with E-state index in [-0.39, 0.29) is 23.9 Å². The number of carbonyl (C=O) groups excluding carboxylic acids is 2. The fourth-order valence-corrected chi connectivity index (χ4v) is 1.32. The summed E-state index contributed by atoms with van der Waals surface area (Å²) in [4.78, 5) is 22.3. The van der Waals surface area contributed by atoms with Crippen LogP contribution in [0.3, 0.4) is 0 Å². The molecule has 0 aliphatic heterocycles. The predicted molar refractivity (Wildman–Crippen MR) is 68.5 cm³/mol. The molecule has 90 valence electrons. The van der Waals surface area contributed by atoms with Crippen molar-refractivity contribution in [2.75, 3.05) is 6.54 Å². The van der Waals surface area contributed by atoms with Crippen LogP contribution in [0.15, 0.2) is 24.3 Å². The Morgan fingerprint density at radius 2 is 1.65 bits per heavy atom. The molecule has 0 saturated carbocycles. The molecule has 2 amide bonds. The lowest BCUT2D eigenvalue weighted by molar-refractivity contribution is -0.117. The molecule has 0 aromatic heterocycles. The lowest BCUT2D eigenvalue weighted by Gasteiger charge is -2.04. The van der Waals surface area contributed by atoms with Gasteiger partial charge in [0.1, 0.15) is 4.99 Å². The van der Waals surface area contributed by atoms with Crippen LogP contribution in [0.1, 0.15) is 22.3 Å². The van der Waals surface area contributed by atoms with E-state index in [0.717, 1.165) is 0 Å². The highest BCUT2D eigenvalue weighted by Gasteiger charge is 2.05. The zero-order valence-corrected chi connectivity index (χ0v) is 9.92. The quantitative estimate of drug-likeness (QED) is 0.638. The van der Waals surface area contributed by atoms with Gasteiger partial charge in [0.25, 0.3) is 5.91 Å². The van der Waals surface area contributed by atoms with Gasteiger partial charge in [0.05, 0.1) is 0 Å². The first kappa shape index (κ1) is 13.1. The van der Waals surface area contributed by atoms with E-state index >= 15 is 0 Å². The van der Waals surface area contributed by atoms with Gasteiger partial charge in [-0.3, -0.25) is 9.59 Å². The topological polar surface area (TPSA) is 98.2 Å². The maximum Gasteiger partial charge on any atom is 0.251 e. The van der Waals surface area contributed by atoms with Crippen LogP contribution in [-0.2, 0) is 4.79 Å². The molecular formula is C11H13N3O2S. The third-order valence-electron chi connectivity index (χ3n) is 2.09. The molecule has 0 radical (unpaired) electrons. The van der Waals surface area contributed by atoms with Crippen molar-refractivity contribution in [1.82, 2.24) is 5.32 Å². The lowest BCUT2D eigenvalue weighted by Crippen LogP contribution is -2.27. The molecule has 1 aromatic carbocycles. The molecule has 17 heavy (non-hydrogen) atoms. The molecule has 1 rings (SSSR count). The molecule has 1 aromatic rings. The van der Waals surface area contributed by atoms with Crippen molar-refractivity contribution in [2.24, 2.45) is 11.5 Å². The van der Waals surface area contributed by atoms with Gasteiger partial charge in [-0.25, -0.2) is 0 Å². The van der Waals surface area contributed by atoms with E-state index in [1.165, 1.54) is 0 Å². The largest absolute Gasteiger partial charge is 0.389 e. The van der Waals surface area contributed by atoms with Crippen molar-refractivity contribution in [3.05, 3.63) is 35.4 Å². The number of primary amides is 1. The summed E-state index contributed by atoms with van der Waals surface area (Å²) in [6, 6.07) is 6.58. The Balaban J connectivity index is 2.57. The van der Waals surface area contributed by atoms with Gasteiger partial charge in [-0.1, -0.05) is 24.4 Å². The SMILES string of the molecule is NC(=O)CCNC(=O)c1ccc(C(N)=S)cc1. The van der Waals surface area contributed by atoms with E-state index in [1.807, 2.05) is 0 Å². The van der Waals surface area contributed by atoms with Crippen LogP contribution < -0.4 is 16.8 Å². The zero-order valence-electron chi connectivity index (χ0n) is 9.10. The normalized spacial score (nSPS) is 9.65. The van der Waals surface area contributed by atoms with Crippen LogP contribution >= 0.6 is 12.2 Å². The van der Waals surface area contributed by atoms with E-state index in [9.17, 15) is 9.59 Å². The number of nitrogens with one attached hydrogen (secondary N) is 1. The summed E-state index contributed by atoms with van der Waals surface area (Å²) < 4.78 is 0. The summed E-state index contributed by atoms with van der Waals surface area (Å²) in [5.74, 6) is -0.713. The van der Waals surface area contributed by atoms with Crippen LogP contribution in [-0.4, -0.2) is 23.3 Å². The van der Waals surface area contributed by atoms with Gasteiger partial charge in [0.2, 0.25) is 5.91 Å². The first-order valence-electron chi connectivity index (χ1n) is 4.97. The number of thiocarbonyl (C=S) groups is 1. The number of hydrogen-bond donors (Lipinski definition) is 3. The maximum absolute atomic E-state index is 11.6. The summed E-state index contributed by atoms with van der Waals surface area (Å²) in [6.45, 7) is 0.227. The highest BCUT2D eigenvalue weighted by Crippen LogP contribution is 2.04. The fraction of sp³-hybridized carbons (Fsp3) is 0.182. The molecule has 0 atom stereocenters. The van der Waals surface area contributed by atoms with E-state index in [1.54, 1.807) is 24.3 Å². The molecule has 0 bridgehead atoms. The number of amides is 2. The van der Waals surface area contributed by atoms with E-state index in [4.69, 9.17) is 23.7 Å². The van der Waals surface area contributed by atoms with Gasteiger partial charge in [-0.2, -0.15) is 0 Å². The standard InChI is InChI=1S/C11H13N3O2S/c12-9(15)5-6-14-11(16)8-3-1-7(2-4-8)10(13)17/h1-4H,5-6H2,(H2,12,15)(H2,13,17)(H,14,16). The van der Waals surface area contributed by atoms with Gasteiger partial charge in [-0.15, -0.1) is 0 Å². The summed E-state index contributed by atoms with van der Waals surface area (Å²) in [6.07, 6.45) is 0.122. The highest BCUT2D eigenvalue weighted by atomic mass is 32.1. The van der Waals surface area contributed by atoms with Crippen molar-refractivity contribution < 1.29 is 9.59 Å². The summed E-state index contributed by atoms with van der Waals surface area (Å²) >= 11 is 4.80. The van der Waals surface area contributed by atoms with E-state index in [0.29, 0.717) is 11.1 Å². The average molecular weight is 251 g/mol. The smallest absolute Gasteiger partial charge is 0.251 e. The predicted octanol–water partition coefficient (Wildman–Crippen LogP) is -0.0740. The number of benzene rings is 1. The van der Waals surface area contributed by atoms with Crippen molar-refractivity contribution in [1.29, 1.82) is 0 Å². The van der Waals surface area contributed by atoms with Crippen molar-refractivity contribution >= 4 is 29.0 Å². The highest BCUT2D eigenvalue weighted by molar-refractivity contribution is 7.80. The monoisotopic (exact) mass is 251 g/mol. The third kappa shape index (κ3) is 4.20. The molecule has 6 heteroatoms. The van der Waals surface area contributed by atoms with Crippen LogP contribution in [0.25, 0.3) is 0 Å². The molecule has 0 fully saturated rings. The Morgan fingerprint density at radius 1 is 1.12 bits per heavy atom. The van der Waals surface area contributed by atoms with Gasteiger partial charge in [0.15, 0.2) is 0 Å². The minimum atomic E-state index is -0.450. The van der Waals surface area contributed by atoms with Gasteiger partial charge >= 0.3 is 0 Å². The van der Waals surface area contributed by atoms with Crippen LogP contribution in [0, 0.1) is 0 Å². The van der Waals surface area contributed by atoms with Crippen molar-refractivity contribution in [3.8, 4) is 0 Å². The molecule has 0 aliphatic rings. The summed E-state index contributed by atoms with van der Waals surface area (Å²) in [5.41, 5.74) is 11.6. The second-order valence-electron chi connectivity index (χ2n) is 3.41. The number of carbonyl (C=O) groups is 2. The van der Waals surface area contributed by atoms with Gasteiger partial charge in [-0.05, 0) is 12.1 Å². The molecule has 0 spiro atoms. The van der Waals surface area contributed by atoms with Gasteiger partial charge in [0, 0.05) is 24.1 Å². The van der Waals surface area contributed by atoms with Crippen molar-refractivity contribution in [3.63, 3.8) is 0 Å². The van der Waals surface area contributed by atoms with E-state index in [2.05, 4.69) is 5.32 Å². The first-order valence-corrected chi connectivity index (χ1v) is 5.38. The van der Waals surface area contributed by atoms with E-state index < -0.39 is 5.91 Å². The molecular weight excluding hydrogens is 238 g/mol. The molecule has 0 aliphatic carbocycles. The van der Waals surface area contributed by atoms with Crippen molar-refractivity contribution in [2.45, 2.75) is 6.42 Å².